The smallest absolute Gasteiger partial charge is 0.131 e. The second-order valence-corrected chi connectivity index (χ2v) is 9.25. The summed E-state index contributed by atoms with van der Waals surface area (Å²) in [6.45, 7) is 7.25. The Bertz CT molecular complexity index is 1080. The molecule has 4 heterocycles. The molecule has 6 rings (SSSR count). The number of methoxy groups -OCH3 is 1. The molecule has 1 unspecified atom stereocenters. The lowest BCUT2D eigenvalue weighted by molar-refractivity contribution is -0.984. The van der Waals surface area contributed by atoms with E-state index in [0.717, 1.165) is 52.8 Å². The molecule has 0 aliphatic carbocycles. The Morgan fingerprint density at radius 3 is 2.84 bits per heavy atom. The van der Waals surface area contributed by atoms with Crippen LogP contribution in [-0.4, -0.2) is 40.8 Å². The molecule has 160 valence electrons. The van der Waals surface area contributed by atoms with Gasteiger partial charge in [-0.05, 0) is 35.7 Å². The van der Waals surface area contributed by atoms with Crippen molar-refractivity contribution in [1.29, 1.82) is 0 Å². The fourth-order valence-corrected chi connectivity index (χ4v) is 6.07. The number of fused-ring (bicyclic) bond motifs is 4. The Morgan fingerprint density at radius 1 is 1.23 bits per heavy atom. The maximum atomic E-state index is 11.8. The number of hydrogen-bond acceptors (Lipinski definition) is 3. The van der Waals surface area contributed by atoms with Crippen LogP contribution in [0, 0.1) is 11.8 Å². The van der Waals surface area contributed by atoms with E-state index < -0.39 is 6.10 Å². The van der Waals surface area contributed by atoms with Gasteiger partial charge in [0.1, 0.15) is 24.4 Å². The van der Waals surface area contributed by atoms with Gasteiger partial charge in [0.25, 0.3) is 0 Å². The summed E-state index contributed by atoms with van der Waals surface area (Å²) in [5, 5.41) is 12.8. The Morgan fingerprint density at radius 2 is 2.06 bits per heavy atom. The molecule has 0 amide bonds. The van der Waals surface area contributed by atoms with E-state index in [1.165, 1.54) is 12.0 Å². The molecule has 31 heavy (non-hydrogen) atoms. The number of aromatic nitrogens is 1. The van der Waals surface area contributed by atoms with E-state index in [-0.39, 0.29) is 6.04 Å². The third-order valence-corrected chi connectivity index (χ3v) is 7.68. The largest absolute Gasteiger partial charge is 0.497 e. The number of quaternary nitrogens is 1. The Kier molecular flexibility index (Phi) is 5.28. The SMILES string of the molecule is C=C[C@@H]1C[N+]2(Cc3ccccc3)CC[C@H]1C[C@@H]2[C@@H](O)c1ccnc2ccc(OC)cc12. The molecule has 3 fully saturated rings. The number of nitrogens with zero attached hydrogens (tertiary/aromatic N) is 2. The minimum atomic E-state index is -0.546. The second kappa shape index (κ2) is 8.10. The zero-order valence-corrected chi connectivity index (χ0v) is 18.2. The van der Waals surface area contributed by atoms with Gasteiger partial charge in [0, 0.05) is 35.9 Å². The van der Waals surface area contributed by atoms with Gasteiger partial charge in [-0.15, -0.1) is 6.58 Å². The van der Waals surface area contributed by atoms with Crippen molar-refractivity contribution in [1.82, 2.24) is 4.98 Å². The van der Waals surface area contributed by atoms with Gasteiger partial charge in [-0.2, -0.15) is 0 Å². The average Bonchev–Trinajstić information content (AvgIpc) is 2.83. The van der Waals surface area contributed by atoms with Crippen molar-refractivity contribution in [3.05, 3.63) is 84.6 Å². The van der Waals surface area contributed by atoms with Crippen LogP contribution in [0.5, 0.6) is 5.75 Å². The van der Waals surface area contributed by atoms with E-state index in [9.17, 15) is 5.11 Å². The van der Waals surface area contributed by atoms with Crippen LogP contribution in [0.3, 0.4) is 0 Å². The Balaban J connectivity index is 1.56. The summed E-state index contributed by atoms with van der Waals surface area (Å²) in [4.78, 5) is 4.52. The van der Waals surface area contributed by atoms with Gasteiger partial charge in [-0.25, -0.2) is 0 Å². The van der Waals surface area contributed by atoms with Crippen molar-refractivity contribution < 1.29 is 14.3 Å². The van der Waals surface area contributed by atoms with E-state index in [2.05, 4.69) is 48.0 Å². The topological polar surface area (TPSA) is 42.4 Å². The van der Waals surface area contributed by atoms with Crippen molar-refractivity contribution in [3.63, 3.8) is 0 Å². The molecular weight excluding hydrogens is 384 g/mol. The minimum Gasteiger partial charge on any atom is -0.497 e. The maximum Gasteiger partial charge on any atom is 0.131 e. The lowest BCUT2D eigenvalue weighted by Crippen LogP contribution is -2.67. The van der Waals surface area contributed by atoms with Gasteiger partial charge in [-0.1, -0.05) is 36.4 Å². The number of hydrogen-bond donors (Lipinski definition) is 1. The molecule has 1 N–H and O–H groups in total. The predicted octanol–water partition coefficient (Wildman–Crippen LogP) is 4.89. The fourth-order valence-electron chi connectivity index (χ4n) is 6.07. The first-order valence-corrected chi connectivity index (χ1v) is 11.3. The standard InChI is InChI=1S/C27H31N2O2/c1-3-20-18-29(17-19-7-5-4-6-8-19)14-12-21(20)15-26(29)27(30)23-11-13-28-25-10-9-22(31-2)16-24(23)25/h3-11,13,16,20-21,26-27,30H,1,12,14-15,17-18H2,2H3/q+1/t20-,21+,26-,27+,29?/m1/s1. The van der Waals surface area contributed by atoms with Crippen LogP contribution in [0.4, 0.5) is 0 Å². The zero-order chi connectivity index (χ0) is 21.4. The number of piperidine rings is 3. The molecule has 0 saturated carbocycles. The highest BCUT2D eigenvalue weighted by Crippen LogP contribution is 2.48. The monoisotopic (exact) mass is 415 g/mol. The first-order chi connectivity index (χ1) is 15.1. The van der Waals surface area contributed by atoms with Crippen molar-refractivity contribution in [2.75, 3.05) is 20.2 Å². The molecule has 3 aliphatic heterocycles. The van der Waals surface area contributed by atoms with Crippen LogP contribution < -0.4 is 4.74 Å². The zero-order valence-electron chi connectivity index (χ0n) is 18.2. The highest BCUT2D eigenvalue weighted by atomic mass is 16.5. The number of pyridine rings is 1. The Labute approximate surface area is 184 Å². The van der Waals surface area contributed by atoms with E-state index in [4.69, 9.17) is 4.74 Å². The van der Waals surface area contributed by atoms with Crippen LogP contribution in [0.2, 0.25) is 0 Å². The first kappa shape index (κ1) is 20.2. The van der Waals surface area contributed by atoms with Crippen molar-refractivity contribution >= 4 is 10.9 Å². The Hall–Kier alpha value is -2.69. The van der Waals surface area contributed by atoms with Crippen molar-refractivity contribution in [2.45, 2.75) is 31.5 Å². The van der Waals surface area contributed by atoms with Crippen molar-refractivity contribution in [3.8, 4) is 5.75 Å². The molecular formula is C27H31N2O2+. The summed E-state index contributed by atoms with van der Waals surface area (Å²) in [5.74, 6) is 1.92. The van der Waals surface area contributed by atoms with E-state index in [1.807, 2.05) is 30.5 Å². The lowest BCUT2D eigenvalue weighted by atomic mass is 9.71. The molecule has 3 saturated heterocycles. The number of rotatable bonds is 6. The van der Waals surface area contributed by atoms with Crippen LogP contribution >= 0.6 is 0 Å². The van der Waals surface area contributed by atoms with Gasteiger partial charge in [0.15, 0.2) is 0 Å². The van der Waals surface area contributed by atoms with Gasteiger partial charge >= 0.3 is 0 Å². The maximum absolute atomic E-state index is 11.8. The molecule has 3 aliphatic rings. The summed E-state index contributed by atoms with van der Waals surface area (Å²) in [6.07, 6.45) is 5.65. The first-order valence-electron chi connectivity index (χ1n) is 11.3. The van der Waals surface area contributed by atoms with Gasteiger partial charge in [0.2, 0.25) is 0 Å². The van der Waals surface area contributed by atoms with E-state index >= 15 is 0 Å². The molecule has 0 spiro atoms. The number of aliphatic hydroxyl groups excluding tert-OH is 1. The van der Waals surface area contributed by atoms with Crippen molar-refractivity contribution in [2.24, 2.45) is 11.8 Å². The van der Waals surface area contributed by atoms with Gasteiger partial charge < -0.3 is 14.3 Å². The van der Waals surface area contributed by atoms with Crippen LogP contribution in [0.1, 0.15) is 30.1 Å². The average molecular weight is 416 g/mol. The third-order valence-electron chi connectivity index (χ3n) is 7.68. The lowest BCUT2D eigenvalue weighted by Gasteiger charge is -2.58. The molecule has 4 heteroatoms. The molecule has 0 radical (unpaired) electrons. The molecule has 3 aromatic rings. The highest BCUT2D eigenvalue weighted by Gasteiger charge is 2.53. The third kappa shape index (κ3) is 3.54. The molecule has 2 aromatic carbocycles. The number of aliphatic hydroxyl groups is 1. The minimum absolute atomic E-state index is 0.159. The quantitative estimate of drug-likeness (QED) is 0.460. The van der Waals surface area contributed by atoms with Gasteiger partial charge in [-0.3, -0.25) is 4.98 Å². The number of ether oxygens (including phenoxy) is 1. The summed E-state index contributed by atoms with van der Waals surface area (Å²) in [7, 11) is 1.68. The molecule has 5 atom stereocenters. The second-order valence-electron chi connectivity index (χ2n) is 9.25. The van der Waals surface area contributed by atoms with E-state index in [1.54, 1.807) is 7.11 Å². The summed E-state index contributed by atoms with van der Waals surface area (Å²) in [6, 6.07) is 18.8. The van der Waals surface area contributed by atoms with Crippen LogP contribution in [-0.2, 0) is 6.54 Å². The van der Waals surface area contributed by atoms with Crippen LogP contribution in [0.15, 0.2) is 73.4 Å². The molecule has 4 nitrogen and oxygen atoms in total. The van der Waals surface area contributed by atoms with E-state index in [0.29, 0.717) is 11.8 Å². The molecule has 2 bridgehead atoms. The summed E-state index contributed by atoms with van der Waals surface area (Å²) < 4.78 is 6.38. The predicted molar refractivity (Wildman–Crippen MR) is 124 cm³/mol. The fraction of sp³-hybridized carbons (Fsp3) is 0.370. The summed E-state index contributed by atoms with van der Waals surface area (Å²) in [5.41, 5.74) is 3.19. The summed E-state index contributed by atoms with van der Waals surface area (Å²) >= 11 is 0. The number of benzene rings is 2. The van der Waals surface area contributed by atoms with Crippen LogP contribution in [0.25, 0.3) is 10.9 Å². The van der Waals surface area contributed by atoms with Gasteiger partial charge in [0.05, 0.1) is 25.7 Å². The molecule has 1 aromatic heterocycles. The highest BCUT2D eigenvalue weighted by molar-refractivity contribution is 5.83. The normalized spacial score (nSPS) is 28.4.